The zero-order valence-electron chi connectivity index (χ0n) is 18.3. The maximum atomic E-state index is 12.7. The van der Waals surface area contributed by atoms with E-state index >= 15 is 0 Å². The van der Waals surface area contributed by atoms with Crippen molar-refractivity contribution in [2.24, 2.45) is 11.3 Å². The molecule has 0 bridgehead atoms. The van der Waals surface area contributed by atoms with Crippen molar-refractivity contribution in [3.8, 4) is 0 Å². The summed E-state index contributed by atoms with van der Waals surface area (Å²) in [5.74, 6) is -0.0744. The summed E-state index contributed by atoms with van der Waals surface area (Å²) in [6.07, 6.45) is 1.29. The van der Waals surface area contributed by atoms with Gasteiger partial charge in [-0.2, -0.15) is 0 Å². The maximum Gasteiger partial charge on any atom is 0.323 e. The van der Waals surface area contributed by atoms with Crippen molar-refractivity contribution in [2.75, 3.05) is 29.0 Å². The van der Waals surface area contributed by atoms with Gasteiger partial charge in [0.15, 0.2) is 0 Å². The minimum Gasteiger partial charge on any atom is -0.342 e. The third kappa shape index (κ3) is 6.31. The zero-order valence-corrected chi connectivity index (χ0v) is 18.3. The van der Waals surface area contributed by atoms with Crippen molar-refractivity contribution in [3.05, 3.63) is 54.6 Å². The molecule has 0 spiro atoms. The quantitative estimate of drug-likeness (QED) is 0.675. The third-order valence-corrected chi connectivity index (χ3v) is 5.21. The number of para-hydroxylation sites is 1. The fourth-order valence-corrected chi connectivity index (χ4v) is 3.55. The number of carbonyl (C=O) groups is 3. The second-order valence-electron chi connectivity index (χ2n) is 8.83. The van der Waals surface area contributed by atoms with E-state index < -0.39 is 5.41 Å². The van der Waals surface area contributed by atoms with Crippen LogP contribution in [0.2, 0.25) is 0 Å². The fourth-order valence-electron chi connectivity index (χ4n) is 3.55. The number of likely N-dealkylation sites (tertiary alicyclic amines) is 1. The molecule has 0 atom stereocenters. The summed E-state index contributed by atoms with van der Waals surface area (Å²) in [7, 11) is 0. The van der Waals surface area contributed by atoms with Crippen LogP contribution in [0.3, 0.4) is 0 Å². The van der Waals surface area contributed by atoms with Crippen molar-refractivity contribution >= 4 is 34.9 Å². The smallest absolute Gasteiger partial charge is 0.323 e. The summed E-state index contributed by atoms with van der Waals surface area (Å²) in [6, 6.07) is 15.9. The van der Waals surface area contributed by atoms with Gasteiger partial charge in [0, 0.05) is 41.5 Å². The largest absolute Gasteiger partial charge is 0.342 e. The highest BCUT2D eigenvalue weighted by Gasteiger charge is 2.32. The number of hydrogen-bond donors (Lipinski definition) is 3. The van der Waals surface area contributed by atoms with Crippen LogP contribution >= 0.6 is 0 Å². The molecular weight excluding hydrogens is 392 g/mol. The molecule has 0 aliphatic carbocycles. The number of urea groups is 1. The molecule has 7 nitrogen and oxygen atoms in total. The SMILES string of the molecule is CC(C)(C)C(=O)N1CCC(C(=O)Nc2cccc(NC(=O)Nc3ccccc3)c2)CC1. The Hall–Kier alpha value is -3.35. The Balaban J connectivity index is 1.52. The van der Waals surface area contributed by atoms with Gasteiger partial charge < -0.3 is 20.9 Å². The molecule has 0 saturated carbocycles. The van der Waals surface area contributed by atoms with E-state index in [1.807, 2.05) is 43.9 Å². The van der Waals surface area contributed by atoms with Crippen LogP contribution in [0.25, 0.3) is 0 Å². The zero-order chi connectivity index (χ0) is 22.4. The predicted molar refractivity (Wildman–Crippen MR) is 123 cm³/mol. The Morgan fingerprint density at radius 3 is 1.97 bits per heavy atom. The minimum atomic E-state index is -0.407. The molecule has 3 rings (SSSR count). The lowest BCUT2D eigenvalue weighted by atomic mass is 9.90. The summed E-state index contributed by atoms with van der Waals surface area (Å²) in [6.45, 7) is 6.92. The highest BCUT2D eigenvalue weighted by atomic mass is 16.2. The topological polar surface area (TPSA) is 90.5 Å². The summed E-state index contributed by atoms with van der Waals surface area (Å²) in [4.78, 5) is 39.1. The Morgan fingerprint density at radius 1 is 0.806 bits per heavy atom. The first-order valence-electron chi connectivity index (χ1n) is 10.6. The van der Waals surface area contributed by atoms with Crippen molar-refractivity contribution in [1.29, 1.82) is 0 Å². The molecule has 31 heavy (non-hydrogen) atoms. The number of carbonyl (C=O) groups excluding carboxylic acids is 3. The van der Waals surface area contributed by atoms with E-state index in [0.29, 0.717) is 43.0 Å². The first kappa shape index (κ1) is 22.3. The van der Waals surface area contributed by atoms with Crippen LogP contribution in [-0.4, -0.2) is 35.8 Å². The molecule has 7 heteroatoms. The molecular formula is C24H30N4O3. The van der Waals surface area contributed by atoms with Gasteiger partial charge in [0.2, 0.25) is 11.8 Å². The van der Waals surface area contributed by atoms with E-state index in [1.165, 1.54) is 0 Å². The average molecular weight is 423 g/mol. The van der Waals surface area contributed by atoms with Gasteiger partial charge in [-0.15, -0.1) is 0 Å². The number of piperidine rings is 1. The number of nitrogens with one attached hydrogen (secondary N) is 3. The molecule has 1 aliphatic heterocycles. The van der Waals surface area contributed by atoms with Crippen molar-refractivity contribution < 1.29 is 14.4 Å². The average Bonchev–Trinajstić information content (AvgIpc) is 2.73. The van der Waals surface area contributed by atoms with E-state index in [2.05, 4.69) is 16.0 Å². The highest BCUT2D eigenvalue weighted by Crippen LogP contribution is 2.25. The van der Waals surface area contributed by atoms with Gasteiger partial charge in [-0.1, -0.05) is 45.0 Å². The summed E-state index contributed by atoms with van der Waals surface area (Å²) >= 11 is 0. The van der Waals surface area contributed by atoms with Gasteiger partial charge in [0.05, 0.1) is 0 Å². The molecule has 0 aromatic heterocycles. The summed E-state index contributed by atoms with van der Waals surface area (Å²) in [5.41, 5.74) is 1.49. The van der Waals surface area contributed by atoms with Crippen LogP contribution < -0.4 is 16.0 Å². The van der Waals surface area contributed by atoms with Crippen LogP contribution in [0.5, 0.6) is 0 Å². The van der Waals surface area contributed by atoms with Crippen LogP contribution in [-0.2, 0) is 9.59 Å². The van der Waals surface area contributed by atoms with E-state index in [4.69, 9.17) is 0 Å². The number of anilines is 3. The van der Waals surface area contributed by atoms with E-state index in [1.54, 1.807) is 36.4 Å². The molecule has 4 amide bonds. The molecule has 0 unspecified atom stereocenters. The maximum absolute atomic E-state index is 12.7. The molecule has 0 radical (unpaired) electrons. The first-order valence-corrected chi connectivity index (χ1v) is 10.6. The Kier molecular flexibility index (Phi) is 6.95. The lowest BCUT2D eigenvalue weighted by molar-refractivity contribution is -0.142. The molecule has 1 aliphatic rings. The Labute approximate surface area is 183 Å². The fraction of sp³-hybridized carbons (Fsp3) is 0.375. The monoisotopic (exact) mass is 422 g/mol. The van der Waals surface area contributed by atoms with Crippen molar-refractivity contribution in [2.45, 2.75) is 33.6 Å². The minimum absolute atomic E-state index is 0.0613. The number of amides is 4. The molecule has 2 aromatic rings. The molecule has 2 aromatic carbocycles. The molecule has 1 saturated heterocycles. The third-order valence-electron chi connectivity index (χ3n) is 5.21. The molecule has 1 fully saturated rings. The van der Waals surface area contributed by atoms with Gasteiger partial charge in [0.25, 0.3) is 0 Å². The Morgan fingerprint density at radius 2 is 1.35 bits per heavy atom. The second-order valence-corrected chi connectivity index (χ2v) is 8.83. The van der Waals surface area contributed by atoms with Crippen LogP contribution in [0.1, 0.15) is 33.6 Å². The van der Waals surface area contributed by atoms with Gasteiger partial charge in [0.1, 0.15) is 0 Å². The van der Waals surface area contributed by atoms with Gasteiger partial charge in [-0.05, 0) is 43.2 Å². The van der Waals surface area contributed by atoms with Crippen LogP contribution in [0.4, 0.5) is 21.9 Å². The van der Waals surface area contributed by atoms with Gasteiger partial charge >= 0.3 is 6.03 Å². The van der Waals surface area contributed by atoms with Crippen LogP contribution in [0, 0.1) is 11.3 Å². The predicted octanol–water partition coefficient (Wildman–Crippen LogP) is 4.55. The van der Waals surface area contributed by atoms with E-state index in [9.17, 15) is 14.4 Å². The van der Waals surface area contributed by atoms with Gasteiger partial charge in [-0.25, -0.2) is 4.79 Å². The number of hydrogen-bond acceptors (Lipinski definition) is 3. The summed E-state index contributed by atoms with van der Waals surface area (Å²) in [5, 5.41) is 8.46. The number of nitrogens with zero attached hydrogens (tertiary/aromatic N) is 1. The standard InChI is InChI=1S/C24H30N4O3/c1-24(2,3)22(30)28-14-12-17(13-15-28)21(29)25-19-10-7-11-20(16-19)27-23(31)26-18-8-5-4-6-9-18/h4-11,16-17H,12-15H2,1-3H3,(H,25,29)(H2,26,27,31). The molecule has 3 N–H and O–H groups in total. The normalized spacial score (nSPS) is 14.6. The lowest BCUT2D eigenvalue weighted by Crippen LogP contribution is -2.45. The van der Waals surface area contributed by atoms with E-state index in [0.717, 1.165) is 0 Å². The number of benzene rings is 2. The molecule has 164 valence electrons. The first-order chi connectivity index (χ1) is 14.7. The lowest BCUT2D eigenvalue weighted by Gasteiger charge is -2.35. The van der Waals surface area contributed by atoms with E-state index in [-0.39, 0.29) is 23.8 Å². The highest BCUT2D eigenvalue weighted by molar-refractivity contribution is 6.00. The summed E-state index contributed by atoms with van der Waals surface area (Å²) < 4.78 is 0. The second kappa shape index (κ2) is 9.64. The van der Waals surface area contributed by atoms with Crippen molar-refractivity contribution in [3.63, 3.8) is 0 Å². The molecule has 1 heterocycles. The van der Waals surface area contributed by atoms with Gasteiger partial charge in [-0.3, -0.25) is 9.59 Å². The Bertz CT molecular complexity index is 929. The van der Waals surface area contributed by atoms with Crippen molar-refractivity contribution in [1.82, 2.24) is 4.90 Å². The number of rotatable bonds is 4. The van der Waals surface area contributed by atoms with Crippen LogP contribution in [0.15, 0.2) is 54.6 Å².